The number of pyridine rings is 1. The number of thiazole rings is 1. The van der Waals surface area contributed by atoms with Crippen LogP contribution in [-0.2, 0) is 9.53 Å². The number of amides is 1. The van der Waals surface area contributed by atoms with E-state index in [4.69, 9.17) is 9.47 Å². The van der Waals surface area contributed by atoms with Crippen molar-refractivity contribution in [3.05, 3.63) is 46.6 Å². The maximum atomic E-state index is 12.3. The van der Waals surface area contributed by atoms with Crippen molar-refractivity contribution in [3.63, 3.8) is 0 Å². The number of anilines is 1. The van der Waals surface area contributed by atoms with Gasteiger partial charge in [0, 0.05) is 16.8 Å². The Bertz CT molecular complexity index is 984. The Labute approximate surface area is 154 Å². The largest absolute Gasteiger partial charge is 0.497 e. The van der Waals surface area contributed by atoms with Crippen LogP contribution in [0.4, 0.5) is 5.13 Å². The molecule has 26 heavy (non-hydrogen) atoms. The van der Waals surface area contributed by atoms with E-state index >= 15 is 0 Å². The van der Waals surface area contributed by atoms with Crippen LogP contribution in [0.25, 0.3) is 10.9 Å². The van der Waals surface area contributed by atoms with Crippen LogP contribution in [0.2, 0.25) is 0 Å². The highest BCUT2D eigenvalue weighted by atomic mass is 32.1. The minimum Gasteiger partial charge on any atom is -0.497 e. The summed E-state index contributed by atoms with van der Waals surface area (Å²) >= 11 is 1.31. The number of hydrogen-bond acceptors (Lipinski definition) is 7. The van der Waals surface area contributed by atoms with Gasteiger partial charge in [0.25, 0.3) is 5.91 Å². The Balaban J connectivity index is 1.69. The Morgan fingerprint density at radius 2 is 2.00 bits per heavy atom. The number of hydrogen-bond donors (Lipinski definition) is 1. The van der Waals surface area contributed by atoms with Crippen LogP contribution in [0.15, 0.2) is 29.6 Å². The second-order valence-electron chi connectivity index (χ2n) is 5.60. The highest BCUT2D eigenvalue weighted by Gasteiger charge is 2.15. The van der Waals surface area contributed by atoms with Crippen molar-refractivity contribution in [1.29, 1.82) is 0 Å². The van der Waals surface area contributed by atoms with E-state index in [1.54, 1.807) is 32.2 Å². The van der Waals surface area contributed by atoms with Gasteiger partial charge >= 0.3 is 5.97 Å². The number of methoxy groups -OCH3 is 1. The van der Waals surface area contributed by atoms with Gasteiger partial charge in [0.15, 0.2) is 11.7 Å². The van der Waals surface area contributed by atoms with Gasteiger partial charge in [0.2, 0.25) is 0 Å². The summed E-state index contributed by atoms with van der Waals surface area (Å²) in [6.07, 6.45) is 0. The van der Waals surface area contributed by atoms with E-state index in [0.717, 1.165) is 16.6 Å². The van der Waals surface area contributed by atoms with Gasteiger partial charge in [-0.25, -0.2) is 9.78 Å². The summed E-state index contributed by atoms with van der Waals surface area (Å²) in [4.78, 5) is 32.7. The molecule has 0 aliphatic carbocycles. The fourth-order valence-corrected chi connectivity index (χ4v) is 3.06. The van der Waals surface area contributed by atoms with E-state index < -0.39 is 18.5 Å². The second-order valence-corrected chi connectivity index (χ2v) is 6.46. The molecule has 3 aromatic rings. The van der Waals surface area contributed by atoms with Crippen molar-refractivity contribution in [1.82, 2.24) is 9.97 Å². The molecule has 7 nitrogen and oxygen atoms in total. The molecule has 2 heterocycles. The standard InChI is InChI=1S/C18H17N3O4S/c1-10-9-26-18(19-10)21-16(22)8-25-17(23)14-6-12-4-5-13(24-3)7-15(12)20-11(14)2/h4-7,9H,8H2,1-3H3,(H,19,21,22). The van der Waals surface area contributed by atoms with E-state index in [0.29, 0.717) is 22.1 Å². The number of benzene rings is 1. The van der Waals surface area contributed by atoms with Gasteiger partial charge < -0.3 is 9.47 Å². The normalized spacial score (nSPS) is 10.6. The Morgan fingerprint density at radius 1 is 1.19 bits per heavy atom. The van der Waals surface area contributed by atoms with E-state index in [1.165, 1.54) is 11.3 Å². The third kappa shape index (κ3) is 3.97. The molecule has 3 rings (SSSR count). The summed E-state index contributed by atoms with van der Waals surface area (Å²) in [5.41, 5.74) is 2.37. The molecule has 1 aromatic carbocycles. The second kappa shape index (κ2) is 7.49. The van der Waals surface area contributed by atoms with Crippen LogP contribution in [-0.4, -0.2) is 35.6 Å². The highest BCUT2D eigenvalue weighted by molar-refractivity contribution is 7.13. The number of rotatable bonds is 5. The van der Waals surface area contributed by atoms with Crippen molar-refractivity contribution in [3.8, 4) is 5.75 Å². The lowest BCUT2D eigenvalue weighted by molar-refractivity contribution is -0.119. The molecule has 0 aliphatic heterocycles. The van der Waals surface area contributed by atoms with E-state index in [9.17, 15) is 9.59 Å². The van der Waals surface area contributed by atoms with Crippen LogP contribution in [0, 0.1) is 13.8 Å². The number of esters is 1. The lowest BCUT2D eigenvalue weighted by Gasteiger charge is -2.09. The summed E-state index contributed by atoms with van der Waals surface area (Å²) in [7, 11) is 1.58. The Morgan fingerprint density at radius 3 is 2.69 bits per heavy atom. The molecule has 0 unspecified atom stereocenters. The van der Waals surface area contributed by atoms with Gasteiger partial charge in [-0.05, 0) is 32.0 Å². The Hall–Kier alpha value is -3.00. The number of aromatic nitrogens is 2. The molecule has 0 aliphatic rings. The molecule has 0 bridgehead atoms. The maximum absolute atomic E-state index is 12.3. The molecule has 2 aromatic heterocycles. The number of carbonyl (C=O) groups is 2. The average molecular weight is 371 g/mol. The topological polar surface area (TPSA) is 90.4 Å². The highest BCUT2D eigenvalue weighted by Crippen LogP contribution is 2.22. The summed E-state index contributed by atoms with van der Waals surface area (Å²) < 4.78 is 10.3. The summed E-state index contributed by atoms with van der Waals surface area (Å²) in [6, 6.07) is 7.09. The average Bonchev–Trinajstić information content (AvgIpc) is 3.03. The molecule has 0 spiro atoms. The molecule has 0 saturated carbocycles. The first-order chi connectivity index (χ1) is 12.5. The number of carbonyl (C=O) groups excluding carboxylic acids is 2. The van der Waals surface area contributed by atoms with Gasteiger partial charge in [0.05, 0.1) is 29.6 Å². The van der Waals surface area contributed by atoms with Crippen molar-refractivity contribution >= 4 is 39.2 Å². The molecular formula is C18H17N3O4S. The zero-order valence-electron chi connectivity index (χ0n) is 14.5. The third-order valence-corrected chi connectivity index (χ3v) is 4.51. The quantitative estimate of drug-likeness (QED) is 0.693. The zero-order valence-corrected chi connectivity index (χ0v) is 15.3. The first-order valence-corrected chi connectivity index (χ1v) is 8.68. The number of nitrogens with one attached hydrogen (secondary N) is 1. The lowest BCUT2D eigenvalue weighted by atomic mass is 10.1. The summed E-state index contributed by atoms with van der Waals surface area (Å²) in [6.45, 7) is 3.16. The molecule has 0 atom stereocenters. The van der Waals surface area contributed by atoms with Crippen LogP contribution in [0.5, 0.6) is 5.75 Å². The molecule has 0 fully saturated rings. The zero-order chi connectivity index (χ0) is 18.7. The number of nitrogens with zero attached hydrogens (tertiary/aromatic N) is 2. The van der Waals surface area contributed by atoms with Gasteiger partial charge in [-0.3, -0.25) is 15.1 Å². The van der Waals surface area contributed by atoms with Crippen molar-refractivity contribution in [2.24, 2.45) is 0 Å². The van der Waals surface area contributed by atoms with E-state index in [-0.39, 0.29) is 0 Å². The molecule has 134 valence electrons. The molecule has 0 saturated heterocycles. The molecule has 1 N–H and O–H groups in total. The van der Waals surface area contributed by atoms with Gasteiger partial charge in [-0.1, -0.05) is 0 Å². The van der Waals surface area contributed by atoms with Crippen molar-refractivity contribution < 1.29 is 19.1 Å². The monoisotopic (exact) mass is 371 g/mol. The fraction of sp³-hybridized carbons (Fsp3) is 0.222. The molecule has 0 radical (unpaired) electrons. The van der Waals surface area contributed by atoms with Crippen LogP contribution >= 0.6 is 11.3 Å². The third-order valence-electron chi connectivity index (χ3n) is 3.64. The maximum Gasteiger partial charge on any atom is 0.340 e. The summed E-state index contributed by atoms with van der Waals surface area (Å²) in [5, 5.41) is 5.66. The summed E-state index contributed by atoms with van der Waals surface area (Å²) in [5.74, 6) is -0.351. The van der Waals surface area contributed by atoms with Gasteiger partial charge in [0.1, 0.15) is 5.75 Å². The first-order valence-electron chi connectivity index (χ1n) is 7.81. The van der Waals surface area contributed by atoms with Gasteiger partial charge in [-0.2, -0.15) is 0 Å². The van der Waals surface area contributed by atoms with Crippen molar-refractivity contribution in [2.75, 3.05) is 19.0 Å². The first kappa shape index (κ1) is 17.8. The van der Waals surface area contributed by atoms with Crippen LogP contribution in [0.3, 0.4) is 0 Å². The molecule has 1 amide bonds. The number of aryl methyl sites for hydroxylation is 2. The molecular weight excluding hydrogens is 354 g/mol. The smallest absolute Gasteiger partial charge is 0.340 e. The minimum absolute atomic E-state index is 0.320. The van der Waals surface area contributed by atoms with Crippen LogP contribution in [0.1, 0.15) is 21.7 Å². The molecule has 8 heteroatoms. The SMILES string of the molecule is COc1ccc2cc(C(=O)OCC(=O)Nc3nc(C)cs3)c(C)nc2c1. The predicted octanol–water partition coefficient (Wildman–Crippen LogP) is 3.11. The number of ether oxygens (including phenoxy) is 2. The van der Waals surface area contributed by atoms with Crippen molar-refractivity contribution in [2.45, 2.75) is 13.8 Å². The Kier molecular flexibility index (Phi) is 5.13. The minimum atomic E-state index is -0.599. The predicted molar refractivity (Wildman–Crippen MR) is 98.8 cm³/mol. The number of fused-ring (bicyclic) bond motifs is 1. The fourth-order valence-electron chi connectivity index (χ4n) is 2.35. The van der Waals surface area contributed by atoms with E-state index in [2.05, 4.69) is 15.3 Å². The van der Waals surface area contributed by atoms with E-state index in [1.807, 2.05) is 18.4 Å². The van der Waals surface area contributed by atoms with Crippen LogP contribution < -0.4 is 10.1 Å². The van der Waals surface area contributed by atoms with Gasteiger partial charge in [-0.15, -0.1) is 11.3 Å². The lowest BCUT2D eigenvalue weighted by Crippen LogP contribution is -2.21.